The summed E-state index contributed by atoms with van der Waals surface area (Å²) in [5.41, 5.74) is 0. The van der Waals surface area contributed by atoms with Crippen LogP contribution < -0.4 is 10.0 Å². The smallest absolute Gasteiger partial charge is 0.291 e. The van der Waals surface area contributed by atoms with E-state index in [0.29, 0.717) is 0 Å². The number of nitrogens with zero attached hydrogens (tertiary/aromatic N) is 2. The Morgan fingerprint density at radius 3 is 2.92 bits per heavy atom. The van der Waals surface area contributed by atoms with Gasteiger partial charge in [0.25, 0.3) is 11.3 Å². The molecule has 1 aromatic heterocycles. The minimum Gasteiger partial charge on any atom is -0.291 e. The molecule has 70 valence electrons. The van der Waals surface area contributed by atoms with Gasteiger partial charge in [-0.3, -0.25) is 9.87 Å². The number of aromatic nitrogens is 2. The average molecular weight is 202 g/mol. The zero-order valence-electron chi connectivity index (χ0n) is 6.30. The molecule has 0 fully saturated rings. The number of amides is 2. The van der Waals surface area contributed by atoms with Gasteiger partial charge in [0, 0.05) is 6.20 Å². The van der Waals surface area contributed by atoms with Crippen molar-refractivity contribution in [1.82, 2.24) is 14.7 Å². The van der Waals surface area contributed by atoms with Gasteiger partial charge in [0.1, 0.15) is 12.1 Å². The maximum absolute atomic E-state index is 10.8. The van der Waals surface area contributed by atoms with Crippen LogP contribution in [-0.2, 0) is 11.3 Å². The lowest BCUT2D eigenvalue weighted by atomic mass is 10.6. The molecule has 8 heteroatoms. The van der Waals surface area contributed by atoms with E-state index in [9.17, 15) is 9.00 Å². The largest absolute Gasteiger partial charge is 0.333 e. The van der Waals surface area contributed by atoms with Gasteiger partial charge < -0.3 is 0 Å². The van der Waals surface area contributed by atoms with Crippen LogP contribution in [0.5, 0.6) is 0 Å². The fraction of sp³-hybridized carbons (Fsp3) is 0. The third-order valence-electron chi connectivity index (χ3n) is 1.00. The minimum absolute atomic E-state index is 0.248. The second-order valence-corrected chi connectivity index (χ2v) is 2.60. The van der Waals surface area contributed by atoms with Crippen molar-refractivity contribution in [3.63, 3.8) is 0 Å². The van der Waals surface area contributed by atoms with Crippen LogP contribution in [0.1, 0.15) is 0 Å². The van der Waals surface area contributed by atoms with E-state index in [1.54, 1.807) is 4.72 Å². The Bertz CT molecular complexity index is 317. The zero-order chi connectivity index (χ0) is 9.68. The Kier molecular flexibility index (Phi) is 3.29. The van der Waals surface area contributed by atoms with Gasteiger partial charge in [0.2, 0.25) is 0 Å². The standard InChI is InChI=1S/C5H6N4O3S/c10-5(9-13(11)12)8-4-1-2-6-3-7-4/h1-3H,(H,11,12)(H2,6,7,8,9,10). The van der Waals surface area contributed by atoms with Crippen LogP contribution in [0, 0.1) is 0 Å². The fourth-order valence-electron chi connectivity index (χ4n) is 0.586. The molecular weight excluding hydrogens is 196 g/mol. The van der Waals surface area contributed by atoms with Crippen molar-refractivity contribution in [3.05, 3.63) is 18.6 Å². The second kappa shape index (κ2) is 4.48. The molecule has 1 rings (SSSR count). The summed E-state index contributed by atoms with van der Waals surface area (Å²) >= 11 is -2.37. The molecule has 7 nitrogen and oxygen atoms in total. The Labute approximate surface area is 76.0 Å². The Balaban J connectivity index is 2.50. The first-order valence-corrected chi connectivity index (χ1v) is 4.23. The van der Waals surface area contributed by atoms with Crippen molar-refractivity contribution in [1.29, 1.82) is 0 Å². The van der Waals surface area contributed by atoms with Crippen LogP contribution in [-0.4, -0.2) is 24.8 Å². The highest BCUT2D eigenvalue weighted by molar-refractivity contribution is 7.77. The number of rotatable bonds is 2. The third kappa shape index (κ3) is 3.58. The van der Waals surface area contributed by atoms with Crippen LogP contribution >= 0.6 is 0 Å². The summed E-state index contributed by atoms with van der Waals surface area (Å²) in [6.45, 7) is 0. The van der Waals surface area contributed by atoms with Crippen molar-refractivity contribution >= 4 is 23.1 Å². The number of hydrogen-bond acceptors (Lipinski definition) is 4. The molecule has 0 bridgehead atoms. The van der Waals surface area contributed by atoms with Crippen molar-refractivity contribution < 1.29 is 13.6 Å². The lowest BCUT2D eigenvalue weighted by Crippen LogP contribution is -2.30. The molecular formula is C5H6N4O3S. The Morgan fingerprint density at radius 2 is 2.38 bits per heavy atom. The number of anilines is 1. The molecule has 1 unspecified atom stereocenters. The second-order valence-electron chi connectivity index (χ2n) is 1.90. The quantitative estimate of drug-likeness (QED) is 0.573. The van der Waals surface area contributed by atoms with Gasteiger partial charge in [-0.25, -0.2) is 23.7 Å². The molecule has 0 aliphatic heterocycles. The highest BCUT2D eigenvalue weighted by Crippen LogP contribution is 1.96. The van der Waals surface area contributed by atoms with E-state index in [1.165, 1.54) is 18.6 Å². The van der Waals surface area contributed by atoms with Gasteiger partial charge >= 0.3 is 6.03 Å². The highest BCUT2D eigenvalue weighted by atomic mass is 32.2. The molecule has 1 atom stereocenters. The summed E-state index contributed by atoms with van der Waals surface area (Å²) in [6, 6.07) is 0.638. The van der Waals surface area contributed by atoms with Crippen LogP contribution in [0.25, 0.3) is 0 Å². The molecule has 1 heterocycles. The highest BCUT2D eigenvalue weighted by Gasteiger charge is 2.03. The van der Waals surface area contributed by atoms with Crippen LogP contribution in [0.3, 0.4) is 0 Å². The molecule has 0 aliphatic rings. The molecule has 13 heavy (non-hydrogen) atoms. The zero-order valence-corrected chi connectivity index (χ0v) is 7.11. The Hall–Kier alpha value is -1.54. The summed E-state index contributed by atoms with van der Waals surface area (Å²) in [5, 5.41) is 2.22. The monoisotopic (exact) mass is 202 g/mol. The molecule has 0 saturated carbocycles. The lowest BCUT2D eigenvalue weighted by molar-refractivity contribution is 0.256. The Morgan fingerprint density at radius 1 is 1.62 bits per heavy atom. The fourth-order valence-corrected chi connectivity index (χ4v) is 0.795. The van der Waals surface area contributed by atoms with E-state index in [-0.39, 0.29) is 5.82 Å². The summed E-state index contributed by atoms with van der Waals surface area (Å²) in [6.07, 6.45) is 2.67. The van der Waals surface area contributed by atoms with E-state index in [2.05, 4.69) is 15.3 Å². The van der Waals surface area contributed by atoms with Crippen molar-refractivity contribution in [2.24, 2.45) is 0 Å². The normalized spacial score (nSPS) is 11.8. The predicted molar refractivity (Wildman–Crippen MR) is 45.0 cm³/mol. The number of carbonyl (C=O) groups is 1. The van der Waals surface area contributed by atoms with E-state index in [1.807, 2.05) is 0 Å². The van der Waals surface area contributed by atoms with Gasteiger partial charge in [-0.15, -0.1) is 0 Å². The van der Waals surface area contributed by atoms with Gasteiger partial charge in [-0.2, -0.15) is 0 Å². The first kappa shape index (κ1) is 9.55. The first-order chi connectivity index (χ1) is 6.18. The minimum atomic E-state index is -2.37. The van der Waals surface area contributed by atoms with Crippen LogP contribution in [0.15, 0.2) is 18.6 Å². The van der Waals surface area contributed by atoms with Gasteiger partial charge in [0.05, 0.1) is 0 Å². The van der Waals surface area contributed by atoms with Gasteiger partial charge in [-0.05, 0) is 6.07 Å². The average Bonchev–Trinajstić information content (AvgIpc) is 2.04. The first-order valence-electron chi connectivity index (χ1n) is 3.13. The van der Waals surface area contributed by atoms with E-state index < -0.39 is 17.3 Å². The molecule has 1 aromatic rings. The van der Waals surface area contributed by atoms with Gasteiger partial charge in [0.15, 0.2) is 0 Å². The molecule has 3 N–H and O–H groups in total. The van der Waals surface area contributed by atoms with Crippen molar-refractivity contribution in [2.75, 3.05) is 5.32 Å². The molecule has 0 saturated heterocycles. The van der Waals surface area contributed by atoms with Gasteiger partial charge in [-0.1, -0.05) is 0 Å². The maximum Gasteiger partial charge on any atom is 0.333 e. The topological polar surface area (TPSA) is 104 Å². The van der Waals surface area contributed by atoms with Crippen LogP contribution in [0.4, 0.5) is 10.6 Å². The molecule has 0 aromatic carbocycles. The van der Waals surface area contributed by atoms with E-state index in [4.69, 9.17) is 4.55 Å². The number of nitrogens with one attached hydrogen (secondary N) is 2. The SMILES string of the molecule is O=C(Nc1ccncn1)NS(=O)O. The molecule has 0 aliphatic carbocycles. The maximum atomic E-state index is 10.8. The number of carbonyl (C=O) groups excluding carboxylic acids is 1. The summed E-state index contributed by atoms with van der Waals surface area (Å²) in [4.78, 5) is 18.1. The third-order valence-corrected chi connectivity index (χ3v) is 1.36. The van der Waals surface area contributed by atoms with Crippen molar-refractivity contribution in [2.45, 2.75) is 0 Å². The predicted octanol–water partition coefficient (Wildman–Crippen LogP) is -0.265. The lowest BCUT2D eigenvalue weighted by Gasteiger charge is -2.01. The van der Waals surface area contributed by atoms with Crippen molar-refractivity contribution in [3.8, 4) is 0 Å². The van der Waals surface area contributed by atoms with Crippen LogP contribution in [0.2, 0.25) is 0 Å². The number of urea groups is 1. The summed E-state index contributed by atoms with van der Waals surface area (Å²) < 4.78 is 20.1. The molecule has 0 spiro atoms. The van der Waals surface area contributed by atoms with E-state index in [0.717, 1.165) is 0 Å². The van der Waals surface area contributed by atoms with E-state index >= 15 is 0 Å². The molecule has 2 amide bonds. The molecule has 0 radical (unpaired) electrons. The number of hydrogen-bond donors (Lipinski definition) is 3. The summed E-state index contributed by atoms with van der Waals surface area (Å²) in [5.74, 6) is 0.248. The summed E-state index contributed by atoms with van der Waals surface area (Å²) in [7, 11) is 0.